The van der Waals surface area contributed by atoms with E-state index in [4.69, 9.17) is 5.11 Å². The van der Waals surface area contributed by atoms with E-state index >= 15 is 0 Å². The molecule has 1 aromatic heterocycles. The van der Waals surface area contributed by atoms with Crippen LogP contribution >= 0.6 is 15.9 Å². The van der Waals surface area contributed by atoms with Crippen LogP contribution in [0.4, 0.5) is 0 Å². The van der Waals surface area contributed by atoms with Crippen LogP contribution in [0.1, 0.15) is 18.4 Å². The van der Waals surface area contributed by atoms with Gasteiger partial charge >= 0.3 is 5.97 Å². The van der Waals surface area contributed by atoms with Crippen LogP contribution in [-0.2, 0) is 11.3 Å². The molecule has 1 aliphatic carbocycles. The predicted molar refractivity (Wildman–Crippen MR) is 58.4 cm³/mol. The summed E-state index contributed by atoms with van der Waals surface area (Å²) < 4.78 is 0.905. The van der Waals surface area contributed by atoms with Crippen LogP contribution in [0.5, 0.6) is 0 Å². The number of carbonyl (C=O) groups is 1. The molecular weight excluding hydrogens is 260 g/mol. The number of nitrogens with zero attached hydrogens (tertiary/aromatic N) is 1. The number of halogens is 1. The Morgan fingerprint density at radius 2 is 2.33 bits per heavy atom. The van der Waals surface area contributed by atoms with Crippen molar-refractivity contribution in [3.8, 4) is 0 Å². The molecule has 1 saturated carbocycles. The monoisotopic (exact) mass is 270 g/mol. The molecule has 0 saturated heterocycles. The zero-order valence-electron chi connectivity index (χ0n) is 8.03. The molecule has 0 aliphatic heterocycles. The second-order valence-corrected chi connectivity index (χ2v) is 4.67. The first-order valence-corrected chi connectivity index (χ1v) is 5.50. The van der Waals surface area contributed by atoms with Crippen molar-refractivity contribution >= 4 is 21.9 Å². The number of rotatable bonds is 4. The lowest BCUT2D eigenvalue weighted by molar-refractivity contribution is -0.140. The standard InChI is InChI=1S/C10H11BrN2O2/c11-8-3-7(4-12-6-8)5-13-10(1-2-10)9(14)15/h3-4,6,13H,1-2,5H2,(H,14,15). The minimum Gasteiger partial charge on any atom is -0.480 e. The van der Waals surface area contributed by atoms with E-state index in [1.165, 1.54) is 0 Å². The molecule has 5 heteroatoms. The molecule has 0 atom stereocenters. The van der Waals surface area contributed by atoms with Crippen LogP contribution in [0.15, 0.2) is 22.9 Å². The van der Waals surface area contributed by atoms with Crippen LogP contribution in [-0.4, -0.2) is 21.6 Å². The van der Waals surface area contributed by atoms with Crippen LogP contribution in [0, 0.1) is 0 Å². The molecule has 0 amide bonds. The Bertz CT molecular complexity index is 391. The molecule has 15 heavy (non-hydrogen) atoms. The Morgan fingerprint density at radius 3 is 2.87 bits per heavy atom. The zero-order valence-corrected chi connectivity index (χ0v) is 9.62. The molecular formula is C10H11BrN2O2. The Balaban J connectivity index is 1.96. The molecule has 1 aromatic rings. The first-order valence-electron chi connectivity index (χ1n) is 4.70. The molecule has 0 unspecified atom stereocenters. The van der Waals surface area contributed by atoms with Crippen LogP contribution < -0.4 is 5.32 Å². The molecule has 0 radical (unpaired) electrons. The highest BCUT2D eigenvalue weighted by Gasteiger charge is 2.49. The van der Waals surface area contributed by atoms with Crippen molar-refractivity contribution < 1.29 is 9.90 Å². The molecule has 80 valence electrons. The van der Waals surface area contributed by atoms with Gasteiger partial charge in [0.25, 0.3) is 0 Å². The van der Waals surface area contributed by atoms with Crippen molar-refractivity contribution in [3.05, 3.63) is 28.5 Å². The summed E-state index contributed by atoms with van der Waals surface area (Å²) in [7, 11) is 0. The van der Waals surface area contributed by atoms with Crippen LogP contribution in [0.3, 0.4) is 0 Å². The summed E-state index contributed by atoms with van der Waals surface area (Å²) in [5.41, 5.74) is 0.305. The highest BCUT2D eigenvalue weighted by molar-refractivity contribution is 9.10. The fraction of sp³-hybridized carbons (Fsp3) is 0.400. The topological polar surface area (TPSA) is 62.2 Å². The van der Waals surface area contributed by atoms with E-state index in [9.17, 15) is 4.79 Å². The number of aromatic nitrogens is 1. The van der Waals surface area contributed by atoms with E-state index in [2.05, 4.69) is 26.2 Å². The molecule has 1 aliphatic rings. The number of carboxylic acids is 1. The first kappa shape index (κ1) is 10.6. The van der Waals surface area contributed by atoms with Gasteiger partial charge in [-0.2, -0.15) is 0 Å². The fourth-order valence-electron chi connectivity index (χ4n) is 1.42. The van der Waals surface area contributed by atoms with Gasteiger partial charge in [0.05, 0.1) is 0 Å². The summed E-state index contributed by atoms with van der Waals surface area (Å²) >= 11 is 3.32. The Morgan fingerprint density at radius 1 is 1.60 bits per heavy atom. The maximum absolute atomic E-state index is 10.9. The fourth-order valence-corrected chi connectivity index (χ4v) is 1.83. The quantitative estimate of drug-likeness (QED) is 0.872. The van der Waals surface area contributed by atoms with Gasteiger partial charge in [0, 0.05) is 23.4 Å². The van der Waals surface area contributed by atoms with Gasteiger partial charge in [0.2, 0.25) is 0 Å². The van der Waals surface area contributed by atoms with Crippen molar-refractivity contribution in [1.29, 1.82) is 0 Å². The number of pyridine rings is 1. The van der Waals surface area contributed by atoms with Gasteiger partial charge in [-0.05, 0) is 40.4 Å². The largest absolute Gasteiger partial charge is 0.480 e. The Labute approximate surface area is 95.8 Å². The summed E-state index contributed by atoms with van der Waals surface area (Å²) in [5, 5.41) is 12.0. The second-order valence-electron chi connectivity index (χ2n) is 3.75. The number of aliphatic carboxylic acids is 1. The van der Waals surface area contributed by atoms with E-state index in [0.717, 1.165) is 10.0 Å². The van der Waals surface area contributed by atoms with E-state index in [-0.39, 0.29) is 0 Å². The third kappa shape index (κ3) is 2.35. The average molecular weight is 271 g/mol. The average Bonchev–Trinajstić information content (AvgIpc) is 2.96. The van der Waals surface area contributed by atoms with Gasteiger partial charge in [0.1, 0.15) is 5.54 Å². The van der Waals surface area contributed by atoms with Crippen molar-refractivity contribution in [2.75, 3.05) is 0 Å². The van der Waals surface area contributed by atoms with Gasteiger partial charge in [-0.15, -0.1) is 0 Å². The second kappa shape index (κ2) is 3.90. The zero-order chi connectivity index (χ0) is 10.9. The third-order valence-corrected chi connectivity index (χ3v) is 2.99. The SMILES string of the molecule is O=C(O)C1(NCc2cncc(Br)c2)CC1. The maximum Gasteiger partial charge on any atom is 0.323 e. The van der Waals surface area contributed by atoms with Crippen molar-refractivity contribution in [2.45, 2.75) is 24.9 Å². The highest BCUT2D eigenvalue weighted by Crippen LogP contribution is 2.35. The molecule has 2 N–H and O–H groups in total. The van der Waals surface area contributed by atoms with Crippen molar-refractivity contribution in [1.82, 2.24) is 10.3 Å². The minimum atomic E-state index is -0.759. The molecule has 1 fully saturated rings. The van der Waals surface area contributed by atoms with Crippen molar-refractivity contribution in [2.24, 2.45) is 0 Å². The lowest BCUT2D eigenvalue weighted by Crippen LogP contribution is -2.38. The summed E-state index contributed by atoms with van der Waals surface area (Å²) in [6.45, 7) is 0.540. The lowest BCUT2D eigenvalue weighted by atomic mass is 10.2. The summed E-state index contributed by atoms with van der Waals surface area (Å²) in [4.78, 5) is 14.9. The molecule has 0 spiro atoms. The van der Waals surface area contributed by atoms with E-state index in [1.807, 2.05) is 6.07 Å². The van der Waals surface area contributed by atoms with E-state index in [1.54, 1.807) is 12.4 Å². The Hall–Kier alpha value is -0.940. The number of hydrogen-bond acceptors (Lipinski definition) is 3. The van der Waals surface area contributed by atoms with Crippen molar-refractivity contribution in [3.63, 3.8) is 0 Å². The predicted octanol–water partition coefficient (Wildman–Crippen LogP) is 1.55. The smallest absolute Gasteiger partial charge is 0.323 e. The first-order chi connectivity index (χ1) is 7.12. The van der Waals surface area contributed by atoms with Gasteiger partial charge in [0.15, 0.2) is 0 Å². The molecule has 4 nitrogen and oxygen atoms in total. The molecule has 1 heterocycles. The lowest BCUT2D eigenvalue weighted by Gasteiger charge is -2.11. The number of hydrogen-bond donors (Lipinski definition) is 2. The summed E-state index contributed by atoms with van der Waals surface area (Å²) in [6, 6.07) is 1.93. The number of nitrogens with one attached hydrogen (secondary N) is 1. The van der Waals surface area contributed by atoms with Gasteiger partial charge < -0.3 is 5.11 Å². The van der Waals surface area contributed by atoms with Crippen LogP contribution in [0.25, 0.3) is 0 Å². The minimum absolute atomic E-state index is 0.540. The molecule has 2 rings (SSSR count). The van der Waals surface area contributed by atoms with E-state index < -0.39 is 11.5 Å². The van der Waals surface area contributed by atoms with Gasteiger partial charge in [-0.25, -0.2) is 0 Å². The summed E-state index contributed by atoms with van der Waals surface area (Å²) in [5.74, 6) is -0.759. The van der Waals surface area contributed by atoms with Crippen LogP contribution in [0.2, 0.25) is 0 Å². The van der Waals surface area contributed by atoms with Gasteiger partial charge in [-0.1, -0.05) is 0 Å². The summed E-state index contributed by atoms with van der Waals surface area (Å²) in [6.07, 6.45) is 4.86. The highest BCUT2D eigenvalue weighted by atomic mass is 79.9. The molecule has 0 aromatic carbocycles. The molecule has 0 bridgehead atoms. The Kier molecular flexibility index (Phi) is 2.75. The third-order valence-electron chi connectivity index (χ3n) is 2.55. The van der Waals surface area contributed by atoms with Gasteiger partial charge in [-0.3, -0.25) is 15.1 Å². The normalized spacial score (nSPS) is 17.4. The maximum atomic E-state index is 10.9. The van der Waals surface area contributed by atoms with E-state index in [0.29, 0.717) is 19.4 Å². The number of carboxylic acid groups (broad SMARTS) is 1.